The third kappa shape index (κ3) is 3.59. The molecule has 4 rings (SSSR count). The van der Waals surface area contributed by atoms with Crippen molar-refractivity contribution in [3.63, 3.8) is 0 Å². The maximum atomic E-state index is 4.40. The number of benzene rings is 1. The van der Waals surface area contributed by atoms with E-state index in [1.165, 1.54) is 27.7 Å². The first kappa shape index (κ1) is 18.8. The fourth-order valence-corrected chi connectivity index (χ4v) is 3.49. The van der Waals surface area contributed by atoms with Gasteiger partial charge < -0.3 is 10.3 Å². The van der Waals surface area contributed by atoms with Crippen LogP contribution in [0.25, 0.3) is 10.9 Å². The normalized spacial score (nSPS) is 16.1. The topological polar surface area (TPSA) is 40.7 Å². The van der Waals surface area contributed by atoms with Gasteiger partial charge in [0.1, 0.15) is 0 Å². The number of aromatic amines is 1. The molecule has 2 N–H and O–H groups in total. The fraction of sp³-hybridized carbons (Fsp3) is 0.316. The lowest BCUT2D eigenvalue weighted by atomic mass is 9.93. The molecule has 0 saturated heterocycles. The molecule has 0 bridgehead atoms. The highest BCUT2D eigenvalue weighted by atomic mass is 35.5. The van der Waals surface area contributed by atoms with Gasteiger partial charge in [0.05, 0.1) is 0 Å². The van der Waals surface area contributed by atoms with Crippen LogP contribution in [-0.2, 0) is 12.8 Å². The summed E-state index contributed by atoms with van der Waals surface area (Å²) < 4.78 is 0. The standard InChI is InChI=1S/C19H21N3.2ClH/c1-13-6-7-14(12-21-13)8-9-17-19-15-4-2-3-5-16(15)22-18(19)10-11-20-17;;/h2-7,12,17,20,22H,8-11H2,1H3;2*1H. The average molecular weight is 364 g/mol. The zero-order chi connectivity index (χ0) is 14.9. The molecule has 1 atom stereocenters. The van der Waals surface area contributed by atoms with E-state index >= 15 is 0 Å². The number of pyridine rings is 1. The van der Waals surface area contributed by atoms with Gasteiger partial charge in [0.2, 0.25) is 0 Å². The minimum Gasteiger partial charge on any atom is -0.358 e. The molecule has 0 spiro atoms. The van der Waals surface area contributed by atoms with Gasteiger partial charge in [-0.05, 0) is 43.0 Å². The second kappa shape index (κ2) is 8.02. The number of hydrogen-bond donors (Lipinski definition) is 2. The number of nitrogens with one attached hydrogen (secondary N) is 2. The van der Waals surface area contributed by atoms with Gasteiger partial charge in [0.15, 0.2) is 0 Å². The van der Waals surface area contributed by atoms with Crippen LogP contribution < -0.4 is 5.32 Å². The smallest absolute Gasteiger partial charge is 0.0459 e. The van der Waals surface area contributed by atoms with E-state index in [4.69, 9.17) is 0 Å². The SMILES string of the molecule is Cc1ccc(CCC2NCCc3[nH]c4ccccc4c32)cn1.Cl.Cl. The molecule has 2 aromatic heterocycles. The lowest BCUT2D eigenvalue weighted by molar-refractivity contribution is 0.476. The number of para-hydroxylation sites is 1. The van der Waals surface area contributed by atoms with Gasteiger partial charge in [-0.2, -0.15) is 0 Å². The van der Waals surface area contributed by atoms with E-state index in [0.29, 0.717) is 6.04 Å². The molecule has 3 nitrogen and oxygen atoms in total. The molecule has 0 amide bonds. The largest absolute Gasteiger partial charge is 0.358 e. The van der Waals surface area contributed by atoms with Crippen molar-refractivity contribution in [1.82, 2.24) is 15.3 Å². The van der Waals surface area contributed by atoms with Crippen molar-refractivity contribution < 1.29 is 0 Å². The zero-order valence-corrected chi connectivity index (χ0v) is 15.3. The Morgan fingerprint density at radius 3 is 2.75 bits per heavy atom. The number of aromatic nitrogens is 2. The van der Waals surface area contributed by atoms with Crippen molar-refractivity contribution in [2.45, 2.75) is 32.2 Å². The molecule has 1 unspecified atom stereocenters. The van der Waals surface area contributed by atoms with Crippen LogP contribution >= 0.6 is 24.8 Å². The Bertz CT molecular complexity index is 796. The van der Waals surface area contributed by atoms with Crippen LogP contribution in [0.5, 0.6) is 0 Å². The van der Waals surface area contributed by atoms with Crippen LogP contribution in [0.1, 0.15) is 35.0 Å². The second-order valence-corrected chi connectivity index (χ2v) is 6.17. The second-order valence-electron chi connectivity index (χ2n) is 6.17. The van der Waals surface area contributed by atoms with Crippen molar-refractivity contribution in [3.8, 4) is 0 Å². The molecule has 5 heteroatoms. The molecular weight excluding hydrogens is 341 g/mol. The predicted molar refractivity (Wildman–Crippen MR) is 105 cm³/mol. The third-order valence-corrected chi connectivity index (χ3v) is 4.64. The summed E-state index contributed by atoms with van der Waals surface area (Å²) in [5.74, 6) is 0. The Balaban J connectivity index is 0.00000104. The van der Waals surface area contributed by atoms with E-state index in [1.807, 2.05) is 13.1 Å². The van der Waals surface area contributed by atoms with Gasteiger partial charge in [-0.1, -0.05) is 24.3 Å². The number of fused-ring (bicyclic) bond motifs is 3. The average Bonchev–Trinajstić information content (AvgIpc) is 2.93. The van der Waals surface area contributed by atoms with Crippen LogP contribution in [0.3, 0.4) is 0 Å². The van der Waals surface area contributed by atoms with Crippen LogP contribution in [0, 0.1) is 6.92 Å². The quantitative estimate of drug-likeness (QED) is 0.717. The summed E-state index contributed by atoms with van der Waals surface area (Å²) in [6.07, 6.45) is 5.27. The number of aryl methyl sites for hydroxylation is 2. The first-order valence-electron chi connectivity index (χ1n) is 8.05. The van der Waals surface area contributed by atoms with Gasteiger partial charge >= 0.3 is 0 Å². The zero-order valence-electron chi connectivity index (χ0n) is 13.7. The molecule has 0 saturated carbocycles. The van der Waals surface area contributed by atoms with Gasteiger partial charge in [0.25, 0.3) is 0 Å². The number of halogens is 2. The monoisotopic (exact) mass is 363 g/mol. The van der Waals surface area contributed by atoms with Crippen LogP contribution in [-0.4, -0.2) is 16.5 Å². The van der Waals surface area contributed by atoms with E-state index < -0.39 is 0 Å². The molecule has 128 valence electrons. The molecule has 1 aromatic carbocycles. The Morgan fingerprint density at radius 1 is 1.12 bits per heavy atom. The minimum absolute atomic E-state index is 0. The third-order valence-electron chi connectivity index (χ3n) is 4.64. The maximum Gasteiger partial charge on any atom is 0.0459 e. The molecule has 0 aliphatic carbocycles. The number of rotatable bonds is 3. The maximum absolute atomic E-state index is 4.40. The molecule has 1 aliphatic rings. The van der Waals surface area contributed by atoms with E-state index in [2.05, 4.69) is 51.7 Å². The number of hydrogen-bond acceptors (Lipinski definition) is 2. The lowest BCUT2D eigenvalue weighted by Gasteiger charge is -2.25. The number of H-pyrrole nitrogens is 1. The van der Waals surface area contributed by atoms with Gasteiger partial charge in [-0.15, -0.1) is 24.8 Å². The molecule has 3 heterocycles. The molecule has 0 fully saturated rings. The Kier molecular flexibility index (Phi) is 6.27. The van der Waals surface area contributed by atoms with Crippen molar-refractivity contribution in [1.29, 1.82) is 0 Å². The van der Waals surface area contributed by atoms with Crippen LogP contribution in [0.4, 0.5) is 0 Å². The highest BCUT2D eigenvalue weighted by Crippen LogP contribution is 2.33. The summed E-state index contributed by atoms with van der Waals surface area (Å²) in [6, 6.07) is 13.4. The summed E-state index contributed by atoms with van der Waals surface area (Å²) in [5.41, 5.74) is 6.55. The van der Waals surface area contributed by atoms with Crippen LogP contribution in [0.15, 0.2) is 42.6 Å². The van der Waals surface area contributed by atoms with Gasteiger partial charge in [-0.3, -0.25) is 4.98 Å². The van der Waals surface area contributed by atoms with E-state index in [0.717, 1.165) is 31.5 Å². The first-order valence-corrected chi connectivity index (χ1v) is 8.05. The Labute approximate surface area is 155 Å². The number of nitrogens with zero attached hydrogens (tertiary/aromatic N) is 1. The summed E-state index contributed by atoms with van der Waals surface area (Å²) in [4.78, 5) is 8.00. The summed E-state index contributed by atoms with van der Waals surface area (Å²) in [5, 5.41) is 5.07. The highest BCUT2D eigenvalue weighted by Gasteiger charge is 2.23. The molecule has 1 aliphatic heterocycles. The minimum atomic E-state index is 0. The van der Waals surface area contributed by atoms with Crippen molar-refractivity contribution in [2.75, 3.05) is 6.54 Å². The summed E-state index contributed by atoms with van der Waals surface area (Å²) >= 11 is 0. The first-order chi connectivity index (χ1) is 10.8. The molecule has 3 aromatic rings. The van der Waals surface area contributed by atoms with E-state index in [1.54, 1.807) is 0 Å². The van der Waals surface area contributed by atoms with Gasteiger partial charge in [-0.25, -0.2) is 0 Å². The van der Waals surface area contributed by atoms with Crippen molar-refractivity contribution in [3.05, 3.63) is 65.1 Å². The van der Waals surface area contributed by atoms with Gasteiger partial charge in [0, 0.05) is 47.5 Å². The summed E-state index contributed by atoms with van der Waals surface area (Å²) in [6.45, 7) is 3.08. The van der Waals surface area contributed by atoms with E-state index in [-0.39, 0.29) is 24.8 Å². The fourth-order valence-electron chi connectivity index (χ4n) is 3.49. The highest BCUT2D eigenvalue weighted by molar-refractivity contribution is 5.86. The molecule has 24 heavy (non-hydrogen) atoms. The Morgan fingerprint density at radius 2 is 1.96 bits per heavy atom. The van der Waals surface area contributed by atoms with E-state index in [9.17, 15) is 0 Å². The molecular formula is C19H23Cl2N3. The van der Waals surface area contributed by atoms with Crippen LogP contribution in [0.2, 0.25) is 0 Å². The van der Waals surface area contributed by atoms with Crippen molar-refractivity contribution >= 4 is 35.7 Å². The predicted octanol–water partition coefficient (Wildman–Crippen LogP) is 4.53. The summed E-state index contributed by atoms with van der Waals surface area (Å²) in [7, 11) is 0. The Hall–Kier alpha value is -1.55. The molecule has 0 radical (unpaired) electrons. The lowest BCUT2D eigenvalue weighted by Crippen LogP contribution is -2.29. The van der Waals surface area contributed by atoms with Crippen molar-refractivity contribution in [2.24, 2.45) is 0 Å².